The molecule has 1 unspecified atom stereocenters. The summed E-state index contributed by atoms with van der Waals surface area (Å²) in [6.07, 6.45) is -2.09. The maximum atomic E-state index is 14.8. The second-order valence-corrected chi connectivity index (χ2v) is 7.48. The molecule has 32 heavy (non-hydrogen) atoms. The van der Waals surface area contributed by atoms with Crippen molar-refractivity contribution in [3.63, 3.8) is 0 Å². The van der Waals surface area contributed by atoms with Crippen molar-refractivity contribution in [2.75, 3.05) is 0 Å². The van der Waals surface area contributed by atoms with Gasteiger partial charge in [-0.3, -0.25) is 24.5 Å². The molecule has 7 nitrogen and oxygen atoms in total. The van der Waals surface area contributed by atoms with Gasteiger partial charge in [0.05, 0.1) is 4.11 Å². The molecular formula is C22H18ClF2N3O4. The summed E-state index contributed by atoms with van der Waals surface area (Å²) in [5.74, 6) is -9.15. The van der Waals surface area contributed by atoms with E-state index in [1.165, 1.54) is 0 Å². The first-order valence-corrected chi connectivity index (χ1v) is 9.69. The molecule has 2 atom stereocenters. The summed E-state index contributed by atoms with van der Waals surface area (Å²) in [6.45, 7) is -3.50. The van der Waals surface area contributed by atoms with Crippen LogP contribution in [0.4, 0.5) is 8.78 Å². The highest BCUT2D eigenvalue weighted by atomic mass is 35.5. The maximum absolute atomic E-state index is 14.8. The van der Waals surface area contributed by atoms with Crippen LogP contribution in [0.2, 0.25) is 6.43 Å². The lowest BCUT2D eigenvalue weighted by atomic mass is 10.0. The molecule has 4 rings (SSSR count). The number of hydrogen-bond donors (Lipinski definition) is 2. The highest BCUT2D eigenvalue weighted by Crippen LogP contribution is 2.30. The van der Waals surface area contributed by atoms with E-state index >= 15 is 0 Å². The number of rotatable bonds is 5. The van der Waals surface area contributed by atoms with Crippen LogP contribution in [0.25, 0.3) is 0 Å². The average molecular weight is 467 g/mol. The van der Waals surface area contributed by atoms with Gasteiger partial charge in [-0.25, -0.2) is 0 Å². The van der Waals surface area contributed by atoms with Gasteiger partial charge in [0.15, 0.2) is 1.41 Å². The van der Waals surface area contributed by atoms with Crippen LogP contribution in [0.15, 0.2) is 42.5 Å². The van der Waals surface area contributed by atoms with Crippen LogP contribution in [0.1, 0.15) is 45.3 Å². The van der Waals surface area contributed by atoms with E-state index in [1.807, 2.05) is 5.32 Å². The van der Waals surface area contributed by atoms with Crippen molar-refractivity contribution < 1.29 is 34.9 Å². The van der Waals surface area contributed by atoms with Crippen LogP contribution >= 0.6 is 11.6 Å². The number of imide groups is 1. The van der Waals surface area contributed by atoms with Crippen molar-refractivity contribution in [3.05, 3.63) is 69.7 Å². The van der Waals surface area contributed by atoms with E-state index in [0.29, 0.717) is 0 Å². The maximum Gasteiger partial charge on any atom is 0.349 e. The molecule has 2 aromatic carbocycles. The summed E-state index contributed by atoms with van der Waals surface area (Å²) >= 11 is 5.68. The smallest absolute Gasteiger partial charge is 0.346 e. The van der Waals surface area contributed by atoms with Gasteiger partial charge < -0.3 is 10.2 Å². The molecule has 2 aliphatic rings. The van der Waals surface area contributed by atoms with Crippen LogP contribution < -0.4 is 10.6 Å². The number of hydrogen-bond acceptors (Lipinski definition) is 4. The van der Waals surface area contributed by atoms with Crippen molar-refractivity contribution in [2.45, 2.75) is 37.8 Å². The monoisotopic (exact) mass is 466 g/mol. The summed E-state index contributed by atoms with van der Waals surface area (Å²) in [5.41, 5.74) is -1.17. The summed E-state index contributed by atoms with van der Waals surface area (Å²) < 4.78 is 70.5. The van der Waals surface area contributed by atoms with E-state index in [1.54, 1.807) is 0 Å². The zero-order valence-electron chi connectivity index (χ0n) is 21.2. The molecule has 0 spiro atoms. The molecule has 1 fully saturated rings. The standard InChI is InChI=1S/C22H18ClF2N3O4/c23-15-4-2-14(3-5-15)22(24,25)21(32)26-10-12-1-6-16-13(9-12)11-28(20(16)31)17-7-8-18(29)27-19(17)30/h1-6,9,17H,7-8,10-11H2,(H,26,32)(H,27,29,30)/t17-/m0/s1/i7D,10D2,17D/hD/t7?,17-. The van der Waals surface area contributed by atoms with Crippen molar-refractivity contribution in [1.29, 1.82) is 0 Å². The second-order valence-electron chi connectivity index (χ2n) is 7.04. The molecule has 4 amide bonds. The summed E-state index contributed by atoms with van der Waals surface area (Å²) in [6, 6.07) is 4.76. The third-order valence-electron chi connectivity index (χ3n) is 4.93. The molecule has 0 aliphatic carbocycles. The largest absolute Gasteiger partial charge is 0.349 e. The number of halogens is 3. The number of nitrogens with zero attached hydrogens (tertiary/aromatic N) is 1. The van der Waals surface area contributed by atoms with Gasteiger partial charge in [-0.15, -0.1) is 0 Å². The molecule has 2 N–H and O–H groups in total. The SMILES string of the molecule is [2H]C1CC(=O)NC(=O)[C@@]1([2H])N1Cc2cc(C([2H])([2H])N([2H])C(=O)C(F)(F)c3ccc(Cl)cc3)ccc2C1=O. The molecule has 166 valence electrons. The van der Waals surface area contributed by atoms with E-state index in [9.17, 15) is 28.0 Å². The van der Waals surface area contributed by atoms with Gasteiger partial charge in [-0.1, -0.05) is 35.9 Å². The molecule has 0 bridgehead atoms. The minimum absolute atomic E-state index is 0.0440. The number of fused-ring (bicyclic) bond motifs is 1. The Labute approximate surface area is 193 Å². The third kappa shape index (κ3) is 4.08. The number of alkyl halides is 2. The van der Waals surface area contributed by atoms with Crippen LogP contribution in [-0.2, 0) is 33.3 Å². The summed E-state index contributed by atoms with van der Waals surface area (Å²) in [4.78, 5) is 50.1. The normalized spacial score (nSPS) is 25.7. The first kappa shape index (κ1) is 16.3. The van der Waals surface area contributed by atoms with E-state index in [4.69, 9.17) is 18.5 Å². The fourth-order valence-electron chi connectivity index (χ4n) is 3.31. The topological polar surface area (TPSA) is 95.6 Å². The minimum atomic E-state index is -4.25. The van der Waals surface area contributed by atoms with Gasteiger partial charge >= 0.3 is 5.92 Å². The Hall–Kier alpha value is -3.33. The highest BCUT2D eigenvalue weighted by molar-refractivity contribution is 6.30. The Balaban J connectivity index is 1.62. The fourth-order valence-corrected chi connectivity index (χ4v) is 3.44. The van der Waals surface area contributed by atoms with Gasteiger partial charge in [0.25, 0.3) is 11.8 Å². The van der Waals surface area contributed by atoms with Crippen LogP contribution in [0, 0.1) is 0 Å². The lowest BCUT2D eigenvalue weighted by Gasteiger charge is -2.29. The first-order valence-electron chi connectivity index (χ1n) is 11.8. The Morgan fingerprint density at radius 3 is 2.72 bits per heavy atom. The third-order valence-corrected chi connectivity index (χ3v) is 5.18. The average Bonchev–Trinajstić information content (AvgIpc) is 3.17. The van der Waals surface area contributed by atoms with Gasteiger partial charge in [0, 0.05) is 37.0 Å². The van der Waals surface area contributed by atoms with E-state index in [0.717, 1.165) is 47.4 Å². The molecule has 2 heterocycles. The van der Waals surface area contributed by atoms with E-state index in [2.05, 4.69) is 0 Å². The summed E-state index contributed by atoms with van der Waals surface area (Å²) in [7, 11) is 0. The van der Waals surface area contributed by atoms with Crippen LogP contribution in [0.5, 0.6) is 0 Å². The second kappa shape index (κ2) is 8.31. The van der Waals surface area contributed by atoms with Gasteiger partial charge in [0.1, 0.15) is 6.02 Å². The number of amides is 4. The molecule has 10 heteroatoms. The van der Waals surface area contributed by atoms with Crippen molar-refractivity contribution >= 4 is 35.2 Å². The van der Waals surface area contributed by atoms with Crippen LogP contribution in [-0.4, -0.2) is 34.5 Å². The predicted octanol–water partition coefficient (Wildman–Crippen LogP) is 2.51. The zero-order valence-corrected chi connectivity index (χ0v) is 17.0. The molecule has 0 radical (unpaired) electrons. The summed E-state index contributed by atoms with van der Waals surface area (Å²) in [5, 5.41) is 1.57. The van der Waals surface area contributed by atoms with E-state index < -0.39 is 77.9 Å². The van der Waals surface area contributed by atoms with Crippen LogP contribution in [0.3, 0.4) is 0 Å². The highest BCUT2D eigenvalue weighted by Gasteiger charge is 2.41. The lowest BCUT2D eigenvalue weighted by Crippen LogP contribution is -2.52. The minimum Gasteiger partial charge on any atom is -0.346 e. The van der Waals surface area contributed by atoms with Crippen molar-refractivity contribution in [2.24, 2.45) is 0 Å². The Morgan fingerprint density at radius 1 is 1.31 bits per heavy atom. The molecule has 0 saturated carbocycles. The Kier molecular flexibility index (Phi) is 4.24. The number of piperidine rings is 1. The Bertz CT molecular complexity index is 1330. The van der Waals surface area contributed by atoms with Crippen molar-refractivity contribution in [1.82, 2.24) is 15.5 Å². The van der Waals surface area contributed by atoms with E-state index in [-0.39, 0.29) is 16.1 Å². The quantitative estimate of drug-likeness (QED) is 0.662. The predicted molar refractivity (Wildman–Crippen MR) is 110 cm³/mol. The zero-order chi connectivity index (χ0) is 27.5. The van der Waals surface area contributed by atoms with Crippen molar-refractivity contribution in [3.8, 4) is 0 Å². The lowest BCUT2D eigenvalue weighted by molar-refractivity contribution is -0.147. The molecular weight excluding hydrogens is 444 g/mol. The number of nitrogens with one attached hydrogen (secondary N) is 2. The van der Waals surface area contributed by atoms with Gasteiger partial charge in [-0.05, 0) is 35.7 Å². The molecule has 0 aromatic heterocycles. The molecule has 1 saturated heterocycles. The first-order chi connectivity index (χ1) is 17.1. The fraction of sp³-hybridized carbons (Fsp3) is 0.273. The number of benzene rings is 2. The Morgan fingerprint density at radius 2 is 2.03 bits per heavy atom. The van der Waals surface area contributed by atoms with Gasteiger partial charge in [0.2, 0.25) is 11.8 Å². The molecule has 2 aromatic rings. The number of carbonyl (C=O) groups is 4. The van der Waals surface area contributed by atoms with Gasteiger partial charge in [-0.2, -0.15) is 8.78 Å². The molecule has 2 aliphatic heterocycles. The number of carbonyl (C=O) groups excluding carboxylic acids is 4.